The van der Waals surface area contributed by atoms with Crippen LogP contribution >= 0.6 is 0 Å². The highest BCUT2D eigenvalue weighted by molar-refractivity contribution is 7.91. The molecule has 10 heteroatoms. The second-order valence-electron chi connectivity index (χ2n) is 6.31. The fraction of sp³-hybridized carbons (Fsp3) is 0.600. The largest absolute Gasteiger partial charge is 0.381 e. The van der Waals surface area contributed by atoms with E-state index in [1.54, 1.807) is 0 Å². The molecular weight excluding hydrogens is 358 g/mol. The first-order valence-electron chi connectivity index (χ1n) is 7.94. The van der Waals surface area contributed by atoms with Gasteiger partial charge in [0.25, 0.3) is 5.69 Å². The molecular formula is C15H18F2N2O5S. The Balaban J connectivity index is 2.06. The molecule has 0 aromatic heterocycles. The van der Waals surface area contributed by atoms with Crippen molar-refractivity contribution in [3.8, 4) is 0 Å². The average Bonchev–Trinajstić information content (AvgIpc) is 2.97. The minimum Gasteiger partial charge on any atom is -0.381 e. The van der Waals surface area contributed by atoms with E-state index in [4.69, 9.17) is 4.74 Å². The number of anilines is 1. The summed E-state index contributed by atoms with van der Waals surface area (Å²) in [6.45, 7) is 1.71. The Labute approximate surface area is 143 Å². The molecule has 2 aliphatic rings. The lowest BCUT2D eigenvalue weighted by atomic mass is 9.87. The van der Waals surface area contributed by atoms with Crippen LogP contribution in [0, 0.1) is 10.1 Å². The van der Waals surface area contributed by atoms with Crippen LogP contribution in [0.5, 0.6) is 0 Å². The topological polar surface area (TPSA) is 89.8 Å². The van der Waals surface area contributed by atoms with Gasteiger partial charge >= 0.3 is 5.76 Å². The van der Waals surface area contributed by atoms with Gasteiger partial charge in [-0.05, 0) is 37.8 Å². The first kappa shape index (κ1) is 18.0. The van der Waals surface area contributed by atoms with E-state index in [9.17, 15) is 27.3 Å². The zero-order chi connectivity index (χ0) is 18.2. The maximum Gasteiger partial charge on any atom is 0.341 e. The summed E-state index contributed by atoms with van der Waals surface area (Å²) in [6, 6.07) is 3.03. The summed E-state index contributed by atoms with van der Waals surface area (Å²) in [6.07, 6.45) is 3.17. The maximum atomic E-state index is 12.7. The third-order valence-electron chi connectivity index (χ3n) is 5.02. The molecule has 0 aliphatic carbocycles. The third-order valence-corrected chi connectivity index (χ3v) is 6.40. The van der Waals surface area contributed by atoms with Crippen molar-refractivity contribution in [3.63, 3.8) is 0 Å². The number of rotatable bonds is 4. The van der Waals surface area contributed by atoms with E-state index >= 15 is 0 Å². The number of sulfone groups is 1. The van der Waals surface area contributed by atoms with Crippen molar-refractivity contribution < 1.29 is 26.9 Å². The molecule has 2 heterocycles. The smallest absolute Gasteiger partial charge is 0.341 e. The lowest BCUT2D eigenvalue weighted by Crippen LogP contribution is -2.48. The summed E-state index contributed by atoms with van der Waals surface area (Å²) in [7, 11) is -4.88. The molecule has 0 unspecified atom stereocenters. The minimum atomic E-state index is -4.88. The molecule has 0 radical (unpaired) electrons. The molecule has 1 aromatic rings. The third kappa shape index (κ3) is 3.08. The number of nitrogens with zero attached hydrogens (tertiary/aromatic N) is 2. The van der Waals surface area contributed by atoms with Crippen molar-refractivity contribution in [2.45, 2.75) is 41.9 Å². The predicted octanol–water partition coefficient (Wildman–Crippen LogP) is 2.74. The number of halogens is 2. The van der Waals surface area contributed by atoms with Crippen LogP contribution in [0.2, 0.25) is 0 Å². The monoisotopic (exact) mass is 376 g/mol. The molecule has 0 amide bonds. The Morgan fingerprint density at radius 2 is 1.92 bits per heavy atom. The number of nitro benzene ring substituents is 1. The van der Waals surface area contributed by atoms with Gasteiger partial charge in [-0.1, -0.05) is 0 Å². The first-order chi connectivity index (χ1) is 11.8. The van der Waals surface area contributed by atoms with Gasteiger partial charge in [0.1, 0.15) is 5.69 Å². The molecule has 1 aromatic carbocycles. The second-order valence-corrected chi connectivity index (χ2v) is 8.22. The number of nitro groups is 1. The fourth-order valence-corrected chi connectivity index (χ4v) is 4.48. The van der Waals surface area contributed by atoms with Crippen LogP contribution in [-0.2, 0) is 14.6 Å². The number of benzene rings is 1. The number of hydrogen-bond donors (Lipinski definition) is 0. The van der Waals surface area contributed by atoms with Crippen LogP contribution < -0.4 is 4.90 Å². The Kier molecular flexibility index (Phi) is 4.67. The standard InChI is InChI=1S/C15H18F2N2O5S/c16-14(17)25(22,23)11-2-3-12(13(10-11)19(20)21)18-7-1-4-15(18)5-8-24-9-6-15/h2-3,10,14H,1,4-9H2. The Hall–Kier alpha value is -1.81. The van der Waals surface area contributed by atoms with Gasteiger partial charge in [0.15, 0.2) is 0 Å². The average molecular weight is 376 g/mol. The van der Waals surface area contributed by atoms with Crippen LogP contribution in [0.25, 0.3) is 0 Å². The quantitative estimate of drug-likeness (QED) is 0.593. The fourth-order valence-electron chi connectivity index (χ4n) is 3.74. The SMILES string of the molecule is O=[N+]([O-])c1cc(S(=O)(=O)C(F)F)ccc1N1CCCC12CCOCC2. The van der Waals surface area contributed by atoms with E-state index in [2.05, 4.69) is 0 Å². The minimum absolute atomic E-state index is 0.258. The van der Waals surface area contributed by atoms with Crippen molar-refractivity contribution in [3.05, 3.63) is 28.3 Å². The molecule has 7 nitrogen and oxygen atoms in total. The molecule has 0 bridgehead atoms. The Morgan fingerprint density at radius 1 is 1.24 bits per heavy atom. The van der Waals surface area contributed by atoms with Gasteiger partial charge in [-0.3, -0.25) is 10.1 Å². The molecule has 138 valence electrons. The van der Waals surface area contributed by atoms with Gasteiger partial charge in [0.05, 0.1) is 9.82 Å². The molecule has 2 saturated heterocycles. The van der Waals surface area contributed by atoms with Crippen molar-refractivity contribution in [1.82, 2.24) is 0 Å². The zero-order valence-electron chi connectivity index (χ0n) is 13.4. The first-order valence-corrected chi connectivity index (χ1v) is 9.48. The molecule has 2 aliphatic heterocycles. The summed E-state index contributed by atoms with van der Waals surface area (Å²) in [5.74, 6) is -3.62. The molecule has 3 rings (SSSR count). The number of alkyl halides is 2. The van der Waals surface area contributed by atoms with Gasteiger partial charge in [-0.15, -0.1) is 0 Å². The molecule has 25 heavy (non-hydrogen) atoms. The van der Waals surface area contributed by atoms with E-state index in [1.165, 1.54) is 6.07 Å². The van der Waals surface area contributed by atoms with Gasteiger partial charge in [0, 0.05) is 31.4 Å². The second kappa shape index (κ2) is 6.49. The summed E-state index contributed by atoms with van der Waals surface area (Å²) >= 11 is 0. The van der Waals surface area contributed by atoms with Crippen LogP contribution in [0.15, 0.2) is 23.1 Å². The predicted molar refractivity (Wildman–Crippen MR) is 85.7 cm³/mol. The number of ether oxygens (including phenoxy) is 1. The summed E-state index contributed by atoms with van der Waals surface area (Å²) in [5.41, 5.74) is -0.446. The summed E-state index contributed by atoms with van der Waals surface area (Å²) in [4.78, 5) is 11.9. The molecule has 1 spiro atoms. The lowest BCUT2D eigenvalue weighted by molar-refractivity contribution is -0.384. The maximum absolute atomic E-state index is 12.7. The lowest BCUT2D eigenvalue weighted by Gasteiger charge is -2.42. The highest BCUT2D eigenvalue weighted by atomic mass is 32.2. The van der Waals surface area contributed by atoms with E-state index in [1.807, 2.05) is 4.90 Å². The molecule has 0 N–H and O–H groups in total. The van der Waals surface area contributed by atoms with Gasteiger partial charge in [-0.2, -0.15) is 8.78 Å². The van der Waals surface area contributed by atoms with Crippen LogP contribution in [0.4, 0.5) is 20.2 Å². The van der Waals surface area contributed by atoms with Crippen LogP contribution in [0.1, 0.15) is 25.7 Å². The van der Waals surface area contributed by atoms with Crippen molar-refractivity contribution >= 4 is 21.2 Å². The summed E-state index contributed by atoms with van der Waals surface area (Å²) < 4.78 is 54.1. The van der Waals surface area contributed by atoms with Crippen molar-refractivity contribution in [2.75, 3.05) is 24.7 Å². The van der Waals surface area contributed by atoms with Crippen molar-refractivity contribution in [1.29, 1.82) is 0 Å². The van der Waals surface area contributed by atoms with Crippen molar-refractivity contribution in [2.24, 2.45) is 0 Å². The zero-order valence-corrected chi connectivity index (χ0v) is 14.2. The van der Waals surface area contributed by atoms with Crippen LogP contribution in [0.3, 0.4) is 0 Å². The van der Waals surface area contributed by atoms with Crippen LogP contribution in [-0.4, -0.2) is 44.4 Å². The Morgan fingerprint density at radius 3 is 2.52 bits per heavy atom. The van der Waals surface area contributed by atoms with Gasteiger partial charge < -0.3 is 9.64 Å². The van der Waals surface area contributed by atoms with Gasteiger partial charge in [-0.25, -0.2) is 8.42 Å². The van der Waals surface area contributed by atoms with E-state index in [-0.39, 0.29) is 11.2 Å². The van der Waals surface area contributed by atoms with Gasteiger partial charge in [0.2, 0.25) is 9.84 Å². The van der Waals surface area contributed by atoms with E-state index < -0.39 is 31.1 Å². The summed E-state index contributed by atoms with van der Waals surface area (Å²) in [5, 5.41) is 11.5. The normalized spacial score (nSPS) is 20.4. The molecule has 2 fully saturated rings. The number of hydrogen-bond acceptors (Lipinski definition) is 6. The molecule has 0 saturated carbocycles. The highest BCUT2D eigenvalue weighted by Crippen LogP contribution is 2.44. The Bertz CT molecular complexity index is 778. The highest BCUT2D eigenvalue weighted by Gasteiger charge is 2.44. The van der Waals surface area contributed by atoms with E-state index in [0.717, 1.165) is 37.8 Å². The molecule has 0 atom stereocenters. The van der Waals surface area contributed by atoms with E-state index in [0.29, 0.717) is 19.8 Å².